The smallest absolute Gasteiger partial charge is 0.270 e. The van der Waals surface area contributed by atoms with E-state index in [-0.39, 0.29) is 22.2 Å². The number of nitro groups is 1. The van der Waals surface area contributed by atoms with Crippen LogP contribution < -0.4 is 4.74 Å². The molecule has 24 heavy (non-hydrogen) atoms. The highest BCUT2D eigenvalue weighted by Crippen LogP contribution is 2.24. The van der Waals surface area contributed by atoms with Crippen LogP contribution in [0.5, 0.6) is 5.75 Å². The number of hydrogen-bond acceptors (Lipinski definition) is 4. The molecule has 2 aromatic rings. The fraction of sp³-hybridized carbons (Fsp3) is 0.235. The van der Waals surface area contributed by atoms with Gasteiger partial charge in [0, 0.05) is 25.2 Å². The van der Waals surface area contributed by atoms with Crippen molar-refractivity contribution in [3.8, 4) is 5.75 Å². The Bertz CT molecular complexity index is 747. The number of ether oxygens (including phenoxy) is 1. The van der Waals surface area contributed by atoms with E-state index in [4.69, 9.17) is 16.3 Å². The van der Waals surface area contributed by atoms with Crippen molar-refractivity contribution in [3.63, 3.8) is 0 Å². The summed E-state index contributed by atoms with van der Waals surface area (Å²) in [5, 5.41) is 11.1. The number of halogens is 1. The number of hydrogen-bond donors (Lipinski definition) is 0. The minimum atomic E-state index is -0.549. The highest BCUT2D eigenvalue weighted by Gasteiger charge is 2.20. The summed E-state index contributed by atoms with van der Waals surface area (Å²) in [6, 6.07) is 11.2. The number of amides is 1. The Morgan fingerprint density at radius 3 is 2.46 bits per heavy atom. The van der Waals surface area contributed by atoms with Gasteiger partial charge in [0.2, 0.25) is 0 Å². The summed E-state index contributed by atoms with van der Waals surface area (Å²) in [7, 11) is 1.58. The van der Waals surface area contributed by atoms with Crippen molar-refractivity contribution in [1.29, 1.82) is 0 Å². The topological polar surface area (TPSA) is 72.7 Å². The maximum atomic E-state index is 12.7. The van der Waals surface area contributed by atoms with E-state index in [9.17, 15) is 14.9 Å². The van der Waals surface area contributed by atoms with E-state index >= 15 is 0 Å². The second kappa shape index (κ2) is 7.79. The average Bonchev–Trinajstić information content (AvgIpc) is 2.59. The molecule has 2 aromatic carbocycles. The molecule has 0 saturated carbocycles. The van der Waals surface area contributed by atoms with Gasteiger partial charge in [0.1, 0.15) is 5.75 Å². The first-order valence-electron chi connectivity index (χ1n) is 7.32. The second-order valence-corrected chi connectivity index (χ2v) is 5.50. The SMILES string of the molecule is CCN(Cc1ccc(OC)cc1)C(=O)c1cc([N+](=O)[O-])ccc1Cl. The van der Waals surface area contributed by atoms with Crippen LogP contribution in [0.3, 0.4) is 0 Å². The Labute approximate surface area is 144 Å². The quantitative estimate of drug-likeness (QED) is 0.586. The summed E-state index contributed by atoms with van der Waals surface area (Å²) in [5.74, 6) is 0.386. The summed E-state index contributed by atoms with van der Waals surface area (Å²) in [6.45, 7) is 2.66. The molecule has 1 amide bonds. The number of nitro benzene ring substituents is 1. The van der Waals surface area contributed by atoms with Gasteiger partial charge in [0.05, 0.1) is 22.6 Å². The number of carbonyl (C=O) groups excluding carboxylic acids is 1. The predicted molar refractivity (Wildman–Crippen MR) is 91.5 cm³/mol. The van der Waals surface area contributed by atoms with E-state index in [1.165, 1.54) is 18.2 Å². The molecule has 0 aliphatic rings. The highest BCUT2D eigenvalue weighted by molar-refractivity contribution is 6.33. The van der Waals surface area contributed by atoms with Gasteiger partial charge in [0.15, 0.2) is 0 Å². The largest absolute Gasteiger partial charge is 0.497 e. The molecule has 2 rings (SSSR count). The van der Waals surface area contributed by atoms with Gasteiger partial charge in [-0.25, -0.2) is 0 Å². The van der Waals surface area contributed by atoms with E-state index in [1.807, 2.05) is 31.2 Å². The summed E-state index contributed by atoms with van der Waals surface area (Å²) in [4.78, 5) is 24.6. The molecule has 0 spiro atoms. The van der Waals surface area contributed by atoms with Gasteiger partial charge in [-0.05, 0) is 30.7 Å². The van der Waals surface area contributed by atoms with E-state index in [2.05, 4.69) is 0 Å². The molecule has 0 unspecified atom stereocenters. The fourth-order valence-electron chi connectivity index (χ4n) is 2.24. The third-order valence-electron chi connectivity index (χ3n) is 3.59. The third-order valence-corrected chi connectivity index (χ3v) is 3.92. The van der Waals surface area contributed by atoms with Crippen molar-refractivity contribution >= 4 is 23.2 Å². The van der Waals surface area contributed by atoms with Crippen LogP contribution in [0.4, 0.5) is 5.69 Å². The van der Waals surface area contributed by atoms with Gasteiger partial charge in [-0.15, -0.1) is 0 Å². The molecule has 0 saturated heterocycles. The maximum absolute atomic E-state index is 12.7. The molecule has 126 valence electrons. The van der Waals surface area contributed by atoms with Crippen LogP contribution in [-0.4, -0.2) is 29.4 Å². The molecule has 0 N–H and O–H groups in total. The first-order valence-corrected chi connectivity index (χ1v) is 7.70. The second-order valence-electron chi connectivity index (χ2n) is 5.09. The lowest BCUT2D eigenvalue weighted by Gasteiger charge is -2.21. The molecule has 7 heteroatoms. The number of non-ortho nitro benzene ring substituents is 1. The normalized spacial score (nSPS) is 10.3. The number of benzene rings is 2. The van der Waals surface area contributed by atoms with Gasteiger partial charge in [-0.2, -0.15) is 0 Å². The first-order chi connectivity index (χ1) is 11.5. The van der Waals surface area contributed by atoms with Crippen LogP contribution in [0, 0.1) is 10.1 Å². The standard InChI is InChI=1S/C17H17ClN2O4/c1-3-19(11-12-4-7-14(24-2)8-5-12)17(21)15-10-13(20(22)23)6-9-16(15)18/h4-10H,3,11H2,1-2H3. The molecule has 0 bridgehead atoms. The number of carbonyl (C=O) groups is 1. The minimum Gasteiger partial charge on any atom is -0.497 e. The Morgan fingerprint density at radius 1 is 1.25 bits per heavy atom. The Morgan fingerprint density at radius 2 is 1.92 bits per heavy atom. The third kappa shape index (κ3) is 4.02. The van der Waals surface area contributed by atoms with Crippen LogP contribution in [-0.2, 0) is 6.54 Å². The molecule has 0 radical (unpaired) electrons. The molecule has 6 nitrogen and oxygen atoms in total. The van der Waals surface area contributed by atoms with Crippen LogP contribution in [0.15, 0.2) is 42.5 Å². The molecule has 0 aliphatic carbocycles. The predicted octanol–water partition coefficient (Wildman–Crippen LogP) is 3.92. The molecular weight excluding hydrogens is 332 g/mol. The van der Waals surface area contributed by atoms with E-state index in [0.29, 0.717) is 13.1 Å². The zero-order valence-corrected chi connectivity index (χ0v) is 14.1. The lowest BCUT2D eigenvalue weighted by atomic mass is 10.1. The molecule has 0 fully saturated rings. The van der Waals surface area contributed by atoms with Crippen molar-refractivity contribution in [2.45, 2.75) is 13.5 Å². The molecule has 0 aromatic heterocycles. The van der Waals surface area contributed by atoms with Gasteiger partial charge in [-0.3, -0.25) is 14.9 Å². The van der Waals surface area contributed by atoms with Gasteiger partial charge in [0.25, 0.3) is 11.6 Å². The minimum absolute atomic E-state index is 0.126. The monoisotopic (exact) mass is 348 g/mol. The van der Waals surface area contributed by atoms with Gasteiger partial charge in [-0.1, -0.05) is 23.7 Å². The van der Waals surface area contributed by atoms with E-state index in [0.717, 1.165) is 11.3 Å². The lowest BCUT2D eigenvalue weighted by Crippen LogP contribution is -2.30. The Hall–Kier alpha value is -2.60. The zero-order valence-electron chi connectivity index (χ0n) is 13.4. The molecule has 0 aliphatic heterocycles. The molecule has 0 atom stereocenters. The molecular formula is C17H17ClN2O4. The van der Waals surface area contributed by atoms with Crippen molar-refractivity contribution in [2.24, 2.45) is 0 Å². The van der Waals surface area contributed by atoms with Gasteiger partial charge >= 0.3 is 0 Å². The zero-order chi connectivity index (χ0) is 17.7. The Kier molecular flexibility index (Phi) is 5.76. The number of rotatable bonds is 6. The number of methoxy groups -OCH3 is 1. The average molecular weight is 349 g/mol. The first kappa shape index (κ1) is 17.7. The van der Waals surface area contributed by atoms with Crippen molar-refractivity contribution in [3.05, 3.63) is 68.7 Å². The van der Waals surface area contributed by atoms with Crippen molar-refractivity contribution in [1.82, 2.24) is 4.90 Å². The van der Waals surface area contributed by atoms with E-state index in [1.54, 1.807) is 12.0 Å². The van der Waals surface area contributed by atoms with Crippen LogP contribution in [0.25, 0.3) is 0 Å². The Balaban J connectivity index is 2.24. The number of nitrogens with zero attached hydrogens (tertiary/aromatic N) is 2. The highest BCUT2D eigenvalue weighted by atomic mass is 35.5. The summed E-state index contributed by atoms with van der Waals surface area (Å²) in [6.07, 6.45) is 0. The van der Waals surface area contributed by atoms with Gasteiger partial charge < -0.3 is 9.64 Å². The van der Waals surface area contributed by atoms with Crippen LogP contribution in [0.1, 0.15) is 22.8 Å². The lowest BCUT2D eigenvalue weighted by molar-refractivity contribution is -0.384. The summed E-state index contributed by atoms with van der Waals surface area (Å²) in [5.41, 5.74) is 0.886. The van der Waals surface area contributed by atoms with Crippen LogP contribution in [0.2, 0.25) is 5.02 Å². The maximum Gasteiger partial charge on any atom is 0.270 e. The summed E-state index contributed by atoms with van der Waals surface area (Å²) >= 11 is 6.05. The van der Waals surface area contributed by atoms with Crippen molar-refractivity contribution < 1.29 is 14.5 Å². The molecule has 0 heterocycles. The van der Waals surface area contributed by atoms with E-state index < -0.39 is 4.92 Å². The fourth-order valence-corrected chi connectivity index (χ4v) is 2.44. The van der Waals surface area contributed by atoms with Crippen LogP contribution >= 0.6 is 11.6 Å². The van der Waals surface area contributed by atoms with Crippen molar-refractivity contribution in [2.75, 3.05) is 13.7 Å². The summed E-state index contributed by atoms with van der Waals surface area (Å²) < 4.78 is 5.11.